The summed E-state index contributed by atoms with van der Waals surface area (Å²) < 4.78 is 0. The third-order valence-electron chi connectivity index (χ3n) is 4.50. The molecule has 1 atom stereocenters. The van der Waals surface area contributed by atoms with Crippen LogP contribution >= 0.6 is 0 Å². The quantitative estimate of drug-likeness (QED) is 0.871. The van der Waals surface area contributed by atoms with E-state index in [-0.39, 0.29) is 6.42 Å². The highest BCUT2D eigenvalue weighted by Crippen LogP contribution is 2.26. The van der Waals surface area contributed by atoms with Crippen LogP contribution in [0.3, 0.4) is 0 Å². The van der Waals surface area contributed by atoms with Crippen molar-refractivity contribution in [3.05, 3.63) is 53.4 Å². The third kappa shape index (κ3) is 5.06. The fourth-order valence-corrected chi connectivity index (χ4v) is 3.33. The van der Waals surface area contributed by atoms with E-state index in [1.54, 1.807) is 0 Å². The summed E-state index contributed by atoms with van der Waals surface area (Å²) in [5.74, 6) is 0.351. The molecule has 1 aliphatic heterocycles. The first-order valence-electron chi connectivity index (χ1n) is 8.78. The van der Waals surface area contributed by atoms with Crippen molar-refractivity contribution in [1.29, 1.82) is 0 Å². The van der Waals surface area contributed by atoms with Crippen LogP contribution in [0.5, 0.6) is 0 Å². The number of likely N-dealkylation sites (tertiary alicyclic amines) is 1. The summed E-state index contributed by atoms with van der Waals surface area (Å²) in [7, 11) is 0. The molecule has 2 aromatic heterocycles. The van der Waals surface area contributed by atoms with Crippen molar-refractivity contribution in [2.45, 2.75) is 45.1 Å². The van der Waals surface area contributed by atoms with Crippen LogP contribution in [0.15, 0.2) is 30.5 Å². The number of carboxylic acids is 1. The summed E-state index contributed by atoms with van der Waals surface area (Å²) in [6.45, 7) is 4.77. The lowest BCUT2D eigenvalue weighted by molar-refractivity contribution is -0.136. The molecule has 3 heterocycles. The van der Waals surface area contributed by atoms with Crippen molar-refractivity contribution in [2.75, 3.05) is 13.1 Å². The highest BCUT2D eigenvalue weighted by atomic mass is 16.4. The summed E-state index contributed by atoms with van der Waals surface area (Å²) in [6.07, 6.45) is 4.57. The lowest BCUT2D eigenvalue weighted by atomic mass is 9.96. The average molecular weight is 340 g/mol. The molecule has 0 amide bonds. The summed E-state index contributed by atoms with van der Waals surface area (Å²) in [4.78, 5) is 26.9. The molecule has 0 saturated carbocycles. The molecule has 0 unspecified atom stereocenters. The first-order valence-corrected chi connectivity index (χ1v) is 8.78. The van der Waals surface area contributed by atoms with Crippen LogP contribution in [0.1, 0.15) is 48.1 Å². The fraction of sp³-hybridized carbons (Fsp3) is 0.474. The lowest BCUT2D eigenvalue weighted by Gasteiger charge is -2.31. The Balaban J connectivity index is 1.69. The Bertz CT molecular complexity index is 721. The summed E-state index contributed by atoms with van der Waals surface area (Å²) in [6, 6.07) is 7.89. The van der Waals surface area contributed by atoms with E-state index < -0.39 is 5.97 Å². The topological polar surface area (TPSA) is 79.2 Å². The Morgan fingerprint density at radius 3 is 2.96 bits per heavy atom. The molecule has 0 radical (unpaired) electrons. The second-order valence-corrected chi connectivity index (χ2v) is 6.65. The SMILES string of the molecule is Cc1cc(CCC(=O)O)nc([C@@H]2CCCN(Cc3ccccn3)C2)n1. The van der Waals surface area contributed by atoms with Gasteiger partial charge in [0.05, 0.1) is 12.1 Å². The second-order valence-electron chi connectivity index (χ2n) is 6.65. The van der Waals surface area contributed by atoms with E-state index in [0.717, 1.165) is 55.4 Å². The molecule has 0 bridgehead atoms. The number of rotatable bonds is 6. The van der Waals surface area contributed by atoms with Crippen molar-refractivity contribution < 1.29 is 9.90 Å². The molecule has 1 N–H and O–H groups in total. The molecule has 1 fully saturated rings. The molecule has 0 aromatic carbocycles. The van der Waals surface area contributed by atoms with Crippen molar-refractivity contribution in [3.63, 3.8) is 0 Å². The molecule has 0 aliphatic carbocycles. The van der Waals surface area contributed by atoms with E-state index in [2.05, 4.69) is 25.9 Å². The summed E-state index contributed by atoms with van der Waals surface area (Å²) in [5, 5.41) is 8.88. The monoisotopic (exact) mass is 340 g/mol. The maximum absolute atomic E-state index is 10.8. The molecule has 1 saturated heterocycles. The van der Waals surface area contributed by atoms with Gasteiger partial charge in [-0.25, -0.2) is 9.97 Å². The van der Waals surface area contributed by atoms with Gasteiger partial charge in [0.25, 0.3) is 0 Å². The van der Waals surface area contributed by atoms with Gasteiger partial charge in [-0.3, -0.25) is 14.7 Å². The zero-order chi connectivity index (χ0) is 17.6. The Morgan fingerprint density at radius 1 is 1.32 bits per heavy atom. The highest BCUT2D eigenvalue weighted by molar-refractivity contribution is 5.66. The summed E-state index contributed by atoms with van der Waals surface area (Å²) >= 11 is 0. The maximum atomic E-state index is 10.8. The number of aliphatic carboxylic acids is 1. The van der Waals surface area contributed by atoms with Gasteiger partial charge in [-0.15, -0.1) is 0 Å². The minimum atomic E-state index is -0.794. The standard InChI is InChI=1S/C19H24N4O2/c1-14-11-16(7-8-18(24)25)22-19(21-14)15-5-4-10-23(12-15)13-17-6-2-3-9-20-17/h2-3,6,9,11,15H,4-5,7-8,10,12-13H2,1H3,(H,24,25)/t15-/m1/s1. The van der Waals surface area contributed by atoms with Gasteiger partial charge < -0.3 is 5.11 Å². The highest BCUT2D eigenvalue weighted by Gasteiger charge is 2.24. The van der Waals surface area contributed by atoms with Crippen LogP contribution < -0.4 is 0 Å². The van der Waals surface area contributed by atoms with Gasteiger partial charge in [-0.1, -0.05) is 6.07 Å². The fourth-order valence-electron chi connectivity index (χ4n) is 3.33. The number of hydrogen-bond acceptors (Lipinski definition) is 5. The van der Waals surface area contributed by atoms with E-state index in [0.29, 0.717) is 12.3 Å². The molecular formula is C19H24N4O2. The van der Waals surface area contributed by atoms with Gasteiger partial charge in [0.1, 0.15) is 5.82 Å². The number of carbonyl (C=O) groups is 1. The van der Waals surface area contributed by atoms with Crippen LogP contribution in [0, 0.1) is 6.92 Å². The third-order valence-corrected chi connectivity index (χ3v) is 4.50. The zero-order valence-corrected chi connectivity index (χ0v) is 14.6. The van der Waals surface area contributed by atoms with Crippen LogP contribution in [0.25, 0.3) is 0 Å². The normalized spacial score (nSPS) is 18.2. The van der Waals surface area contributed by atoms with E-state index in [1.165, 1.54) is 0 Å². The van der Waals surface area contributed by atoms with E-state index >= 15 is 0 Å². The van der Waals surface area contributed by atoms with Gasteiger partial charge >= 0.3 is 5.97 Å². The number of carboxylic acid groups (broad SMARTS) is 1. The molecule has 132 valence electrons. The Labute approximate surface area is 148 Å². The molecule has 6 nitrogen and oxygen atoms in total. The van der Waals surface area contributed by atoms with Gasteiger partial charge in [0.2, 0.25) is 0 Å². The van der Waals surface area contributed by atoms with Crippen molar-refractivity contribution in [2.24, 2.45) is 0 Å². The van der Waals surface area contributed by atoms with Crippen molar-refractivity contribution >= 4 is 5.97 Å². The predicted octanol–water partition coefficient (Wildman–Crippen LogP) is 2.58. The minimum Gasteiger partial charge on any atom is -0.481 e. The predicted molar refractivity (Wildman–Crippen MR) is 94.2 cm³/mol. The van der Waals surface area contributed by atoms with E-state index in [4.69, 9.17) is 5.11 Å². The number of hydrogen-bond donors (Lipinski definition) is 1. The molecular weight excluding hydrogens is 316 g/mol. The van der Waals surface area contributed by atoms with Crippen LogP contribution in [0.2, 0.25) is 0 Å². The van der Waals surface area contributed by atoms with Crippen LogP contribution in [-0.4, -0.2) is 44.0 Å². The largest absolute Gasteiger partial charge is 0.481 e. The van der Waals surface area contributed by atoms with Gasteiger partial charge in [0, 0.05) is 43.0 Å². The summed E-state index contributed by atoms with van der Waals surface area (Å²) in [5.41, 5.74) is 2.81. The molecule has 2 aromatic rings. The van der Waals surface area contributed by atoms with E-state index in [1.807, 2.05) is 31.3 Å². The first kappa shape index (κ1) is 17.5. The van der Waals surface area contributed by atoms with Crippen molar-refractivity contribution in [1.82, 2.24) is 19.9 Å². The number of pyridine rings is 1. The lowest BCUT2D eigenvalue weighted by Crippen LogP contribution is -2.35. The number of nitrogens with zero attached hydrogens (tertiary/aromatic N) is 4. The number of aryl methyl sites for hydroxylation is 2. The number of aromatic nitrogens is 3. The Kier molecular flexibility index (Phi) is 5.71. The smallest absolute Gasteiger partial charge is 0.303 e. The average Bonchev–Trinajstić information content (AvgIpc) is 2.61. The Morgan fingerprint density at radius 2 is 2.20 bits per heavy atom. The maximum Gasteiger partial charge on any atom is 0.303 e. The van der Waals surface area contributed by atoms with Gasteiger partial charge in [0.15, 0.2) is 0 Å². The zero-order valence-electron chi connectivity index (χ0n) is 14.6. The number of piperidine rings is 1. The molecule has 0 spiro atoms. The molecule has 3 rings (SSSR count). The Hall–Kier alpha value is -2.34. The van der Waals surface area contributed by atoms with Gasteiger partial charge in [-0.05, 0) is 44.5 Å². The minimum absolute atomic E-state index is 0.104. The molecule has 6 heteroatoms. The van der Waals surface area contributed by atoms with E-state index in [9.17, 15) is 4.79 Å². The first-order chi connectivity index (χ1) is 12.1. The van der Waals surface area contributed by atoms with Crippen LogP contribution in [0.4, 0.5) is 0 Å². The van der Waals surface area contributed by atoms with Crippen LogP contribution in [-0.2, 0) is 17.8 Å². The molecule has 1 aliphatic rings. The van der Waals surface area contributed by atoms with Crippen molar-refractivity contribution in [3.8, 4) is 0 Å². The molecule has 25 heavy (non-hydrogen) atoms. The second kappa shape index (κ2) is 8.16. The van der Waals surface area contributed by atoms with Gasteiger partial charge in [-0.2, -0.15) is 0 Å².